The molecular formula is C27H27ClN6OS. The maximum atomic E-state index is 6.06. The van der Waals surface area contributed by atoms with E-state index >= 15 is 0 Å². The molecule has 2 aliphatic heterocycles. The number of hydrazone groups is 1. The molecule has 0 aliphatic carbocycles. The van der Waals surface area contributed by atoms with Crippen LogP contribution in [0, 0.1) is 0 Å². The molecule has 1 saturated heterocycles. The lowest BCUT2D eigenvalue weighted by molar-refractivity contribution is 0.122. The fourth-order valence-electron chi connectivity index (χ4n) is 4.76. The van der Waals surface area contributed by atoms with Crippen molar-refractivity contribution in [2.24, 2.45) is 5.10 Å². The molecule has 6 rings (SSSR count). The quantitative estimate of drug-likeness (QED) is 0.279. The van der Waals surface area contributed by atoms with Crippen molar-refractivity contribution in [2.75, 3.05) is 42.4 Å². The van der Waals surface area contributed by atoms with Crippen molar-refractivity contribution in [2.45, 2.75) is 18.7 Å². The summed E-state index contributed by atoms with van der Waals surface area (Å²) < 4.78 is 7.79. The van der Waals surface area contributed by atoms with Gasteiger partial charge in [0.1, 0.15) is 5.82 Å². The van der Waals surface area contributed by atoms with Crippen molar-refractivity contribution < 1.29 is 4.74 Å². The molecule has 2 aliphatic rings. The highest BCUT2D eigenvalue weighted by Crippen LogP contribution is 2.32. The average Bonchev–Trinajstić information content (AvgIpc) is 3.27. The maximum Gasteiger partial charge on any atom is 0.245 e. The van der Waals surface area contributed by atoms with Crippen LogP contribution >= 0.6 is 23.4 Å². The van der Waals surface area contributed by atoms with Gasteiger partial charge < -0.3 is 14.2 Å². The molecule has 9 heteroatoms. The number of hydrogen-bond acceptors (Lipinski definition) is 7. The van der Waals surface area contributed by atoms with Crippen molar-refractivity contribution in [3.8, 4) is 0 Å². The topological polar surface area (TPSA) is 67.6 Å². The fourth-order valence-corrected chi connectivity index (χ4v) is 5.86. The normalized spacial score (nSPS) is 16.0. The number of hydrogen-bond donors (Lipinski definition) is 1. The lowest BCUT2D eigenvalue weighted by Gasteiger charge is -2.31. The Morgan fingerprint density at radius 1 is 1.08 bits per heavy atom. The van der Waals surface area contributed by atoms with Crippen molar-refractivity contribution in [1.82, 2.24) is 14.5 Å². The standard InChI is InChI=1S/C27H27ClN6OS/c28-21-7-5-19(6-8-21)16-34-17-20(22-3-1-2-4-25(22)34)15-29-32-27-30-24-9-14-36-18-23(24)26(31-27)33-10-12-35-13-11-33/h1-8,15,17H,9-14,16,18H2,(H,30,31,32)/b29-15+. The van der Waals surface area contributed by atoms with E-state index in [0.717, 1.165) is 83.8 Å². The molecule has 4 heterocycles. The van der Waals surface area contributed by atoms with Crippen molar-refractivity contribution in [3.05, 3.63) is 82.1 Å². The summed E-state index contributed by atoms with van der Waals surface area (Å²) in [6.07, 6.45) is 4.94. The van der Waals surface area contributed by atoms with Crippen LogP contribution in [0.2, 0.25) is 5.02 Å². The highest BCUT2D eigenvalue weighted by atomic mass is 35.5. The van der Waals surface area contributed by atoms with Gasteiger partial charge in [-0.3, -0.25) is 0 Å². The predicted octanol–water partition coefficient (Wildman–Crippen LogP) is 5.20. The number of thioether (sulfide) groups is 1. The van der Waals surface area contributed by atoms with Gasteiger partial charge in [0.15, 0.2) is 0 Å². The van der Waals surface area contributed by atoms with E-state index in [9.17, 15) is 0 Å². The maximum absolute atomic E-state index is 6.06. The first-order chi connectivity index (χ1) is 17.7. The molecule has 0 bridgehead atoms. The second-order valence-electron chi connectivity index (χ2n) is 8.92. The molecule has 1 fully saturated rings. The SMILES string of the molecule is Clc1ccc(Cn2cc(/C=N/Nc3nc4c(c(N5CCOCC5)n3)CSCC4)c3ccccc32)cc1. The highest BCUT2D eigenvalue weighted by Gasteiger charge is 2.23. The van der Waals surface area contributed by atoms with Crippen LogP contribution in [-0.2, 0) is 23.5 Å². The Bertz CT molecular complexity index is 1400. The van der Waals surface area contributed by atoms with Gasteiger partial charge in [-0.2, -0.15) is 21.8 Å². The summed E-state index contributed by atoms with van der Waals surface area (Å²) in [5, 5.41) is 6.44. The van der Waals surface area contributed by atoms with Crippen molar-refractivity contribution in [3.63, 3.8) is 0 Å². The smallest absolute Gasteiger partial charge is 0.245 e. The van der Waals surface area contributed by atoms with Gasteiger partial charge >= 0.3 is 0 Å². The highest BCUT2D eigenvalue weighted by molar-refractivity contribution is 7.98. The summed E-state index contributed by atoms with van der Waals surface area (Å²) in [5.74, 6) is 3.61. The second-order valence-corrected chi connectivity index (χ2v) is 10.5. The van der Waals surface area contributed by atoms with Gasteiger partial charge in [0.25, 0.3) is 0 Å². The molecule has 2 aromatic heterocycles. The van der Waals surface area contributed by atoms with Crippen LogP contribution in [0.1, 0.15) is 22.4 Å². The molecule has 2 aromatic carbocycles. The number of morpholine rings is 1. The van der Waals surface area contributed by atoms with Gasteiger partial charge in [-0.25, -0.2) is 10.4 Å². The van der Waals surface area contributed by atoms with Gasteiger partial charge in [-0.1, -0.05) is 41.9 Å². The Kier molecular flexibility index (Phi) is 6.81. The molecule has 4 aromatic rings. The van der Waals surface area contributed by atoms with Crippen LogP contribution in [-0.4, -0.2) is 52.8 Å². The van der Waals surface area contributed by atoms with Crippen LogP contribution in [0.15, 0.2) is 59.8 Å². The predicted molar refractivity (Wildman–Crippen MR) is 149 cm³/mol. The van der Waals surface area contributed by atoms with Gasteiger partial charge in [0, 0.05) is 58.6 Å². The number of benzene rings is 2. The van der Waals surface area contributed by atoms with E-state index in [-0.39, 0.29) is 0 Å². The molecular weight excluding hydrogens is 492 g/mol. The third-order valence-corrected chi connectivity index (χ3v) is 7.80. The van der Waals surface area contributed by atoms with Gasteiger partial charge in [0.2, 0.25) is 5.95 Å². The number of rotatable bonds is 6. The Morgan fingerprint density at radius 2 is 1.92 bits per heavy atom. The zero-order chi connectivity index (χ0) is 24.3. The zero-order valence-corrected chi connectivity index (χ0v) is 21.4. The van der Waals surface area contributed by atoms with Crippen molar-refractivity contribution >= 4 is 52.2 Å². The summed E-state index contributed by atoms with van der Waals surface area (Å²) in [6.45, 7) is 3.92. The minimum atomic E-state index is 0.545. The lowest BCUT2D eigenvalue weighted by Crippen LogP contribution is -2.38. The van der Waals surface area contributed by atoms with Crippen LogP contribution in [0.25, 0.3) is 10.9 Å². The first-order valence-corrected chi connectivity index (χ1v) is 13.7. The van der Waals surface area contributed by atoms with Gasteiger partial charge in [-0.15, -0.1) is 0 Å². The minimum Gasteiger partial charge on any atom is -0.378 e. The number of aryl methyl sites for hydroxylation is 1. The third-order valence-electron chi connectivity index (χ3n) is 6.56. The molecule has 0 amide bonds. The summed E-state index contributed by atoms with van der Waals surface area (Å²) in [5.41, 5.74) is 8.88. The van der Waals surface area contributed by atoms with Gasteiger partial charge in [-0.05, 0) is 35.9 Å². The Balaban J connectivity index is 1.26. The van der Waals surface area contributed by atoms with Crippen molar-refractivity contribution in [1.29, 1.82) is 0 Å². The third kappa shape index (κ3) is 4.93. The fraction of sp³-hybridized carbons (Fsp3) is 0.296. The molecule has 0 saturated carbocycles. The average molecular weight is 519 g/mol. The van der Waals surface area contributed by atoms with Crippen LogP contribution in [0.5, 0.6) is 0 Å². The minimum absolute atomic E-state index is 0.545. The first kappa shape index (κ1) is 23.3. The number of anilines is 2. The molecule has 0 spiro atoms. The Morgan fingerprint density at radius 3 is 2.78 bits per heavy atom. The Labute approximate surface area is 219 Å². The molecule has 0 unspecified atom stereocenters. The molecule has 184 valence electrons. The number of para-hydroxylation sites is 1. The summed E-state index contributed by atoms with van der Waals surface area (Å²) in [7, 11) is 0. The Hall–Kier alpha value is -3.07. The van der Waals surface area contributed by atoms with E-state index in [0.29, 0.717) is 5.95 Å². The number of aromatic nitrogens is 3. The zero-order valence-electron chi connectivity index (χ0n) is 19.9. The summed E-state index contributed by atoms with van der Waals surface area (Å²) >= 11 is 8.01. The number of ether oxygens (including phenoxy) is 1. The molecule has 36 heavy (non-hydrogen) atoms. The van der Waals surface area contributed by atoms with Gasteiger partial charge in [0.05, 0.1) is 25.1 Å². The number of fused-ring (bicyclic) bond motifs is 2. The van der Waals surface area contributed by atoms with E-state index in [1.807, 2.05) is 30.1 Å². The first-order valence-electron chi connectivity index (χ1n) is 12.2. The van der Waals surface area contributed by atoms with Crippen LogP contribution < -0.4 is 10.3 Å². The molecule has 1 N–H and O–H groups in total. The monoisotopic (exact) mass is 518 g/mol. The summed E-state index contributed by atoms with van der Waals surface area (Å²) in [4.78, 5) is 12.0. The number of halogens is 1. The second kappa shape index (κ2) is 10.5. The van der Waals surface area contributed by atoms with Crippen LogP contribution in [0.4, 0.5) is 11.8 Å². The summed E-state index contributed by atoms with van der Waals surface area (Å²) in [6, 6.07) is 16.3. The van der Waals surface area contributed by atoms with E-state index < -0.39 is 0 Å². The number of nitrogens with one attached hydrogen (secondary N) is 1. The molecule has 0 radical (unpaired) electrons. The largest absolute Gasteiger partial charge is 0.378 e. The van der Waals surface area contributed by atoms with E-state index in [2.05, 4.69) is 62.6 Å². The van der Waals surface area contributed by atoms with E-state index in [1.165, 1.54) is 11.1 Å². The van der Waals surface area contributed by atoms with E-state index in [4.69, 9.17) is 26.3 Å². The van der Waals surface area contributed by atoms with E-state index in [1.54, 1.807) is 0 Å². The van der Waals surface area contributed by atoms with Crippen LogP contribution in [0.3, 0.4) is 0 Å². The number of nitrogens with zero attached hydrogens (tertiary/aromatic N) is 5. The molecule has 0 atom stereocenters. The lowest BCUT2D eigenvalue weighted by atomic mass is 10.1. The molecule has 7 nitrogen and oxygen atoms in total.